The van der Waals surface area contributed by atoms with E-state index in [1.807, 2.05) is 13.8 Å². The van der Waals surface area contributed by atoms with E-state index in [-0.39, 0.29) is 5.97 Å². The standard InChI is InChI=1S/C10H20N2O2/c1-10(2,9(13)14-3)12-8-4-6-11-7-5-8/h8,11-12H,4-7H2,1-3H3. The predicted molar refractivity (Wildman–Crippen MR) is 55.1 cm³/mol. The van der Waals surface area contributed by atoms with Crippen LogP contribution in [0.2, 0.25) is 0 Å². The average molecular weight is 200 g/mol. The fourth-order valence-corrected chi connectivity index (χ4v) is 1.79. The number of hydrogen-bond acceptors (Lipinski definition) is 4. The summed E-state index contributed by atoms with van der Waals surface area (Å²) in [5, 5.41) is 6.62. The summed E-state index contributed by atoms with van der Waals surface area (Å²) in [5.74, 6) is -0.198. The van der Waals surface area contributed by atoms with Gasteiger partial charge in [0, 0.05) is 6.04 Å². The van der Waals surface area contributed by atoms with Gasteiger partial charge >= 0.3 is 5.97 Å². The molecule has 2 N–H and O–H groups in total. The number of nitrogens with one attached hydrogen (secondary N) is 2. The first-order chi connectivity index (χ1) is 6.56. The zero-order valence-corrected chi connectivity index (χ0v) is 9.22. The second-order valence-corrected chi connectivity index (χ2v) is 4.29. The molecule has 0 amide bonds. The predicted octanol–water partition coefficient (Wildman–Crippen LogP) is 0.280. The zero-order chi connectivity index (χ0) is 10.6. The lowest BCUT2D eigenvalue weighted by molar-refractivity contribution is -0.147. The van der Waals surface area contributed by atoms with Crippen molar-refractivity contribution in [3.63, 3.8) is 0 Å². The molecular weight excluding hydrogens is 180 g/mol. The van der Waals surface area contributed by atoms with Crippen molar-refractivity contribution < 1.29 is 9.53 Å². The lowest BCUT2D eigenvalue weighted by Crippen LogP contribution is -2.54. The van der Waals surface area contributed by atoms with Gasteiger partial charge in [-0.25, -0.2) is 0 Å². The van der Waals surface area contributed by atoms with E-state index in [1.165, 1.54) is 7.11 Å². The number of rotatable bonds is 3. The van der Waals surface area contributed by atoms with Gasteiger partial charge in [-0.05, 0) is 39.8 Å². The molecule has 0 spiro atoms. The Morgan fingerprint density at radius 1 is 1.43 bits per heavy atom. The van der Waals surface area contributed by atoms with Gasteiger partial charge < -0.3 is 10.1 Å². The lowest BCUT2D eigenvalue weighted by Gasteiger charge is -2.32. The largest absolute Gasteiger partial charge is 0.468 e. The Bertz CT molecular complexity index is 198. The molecule has 4 nitrogen and oxygen atoms in total. The molecule has 0 aromatic carbocycles. The molecule has 82 valence electrons. The van der Waals surface area contributed by atoms with Crippen LogP contribution in [0.15, 0.2) is 0 Å². The molecule has 0 unspecified atom stereocenters. The van der Waals surface area contributed by atoms with Crippen LogP contribution in [0, 0.1) is 0 Å². The van der Waals surface area contributed by atoms with Crippen molar-refractivity contribution in [2.45, 2.75) is 38.3 Å². The molecule has 0 aromatic heterocycles. The second-order valence-electron chi connectivity index (χ2n) is 4.29. The molecule has 0 aliphatic carbocycles. The maximum atomic E-state index is 11.4. The molecule has 1 aliphatic rings. The Morgan fingerprint density at radius 2 is 2.00 bits per heavy atom. The van der Waals surface area contributed by atoms with Crippen LogP contribution in [0.25, 0.3) is 0 Å². The Labute approximate surface area is 85.4 Å². The fourth-order valence-electron chi connectivity index (χ4n) is 1.79. The summed E-state index contributed by atoms with van der Waals surface area (Å²) >= 11 is 0. The van der Waals surface area contributed by atoms with Crippen molar-refractivity contribution >= 4 is 5.97 Å². The quantitative estimate of drug-likeness (QED) is 0.642. The number of ether oxygens (including phenoxy) is 1. The van der Waals surface area contributed by atoms with E-state index in [2.05, 4.69) is 10.6 Å². The Morgan fingerprint density at radius 3 is 2.50 bits per heavy atom. The minimum atomic E-state index is -0.573. The Balaban J connectivity index is 2.44. The van der Waals surface area contributed by atoms with Crippen molar-refractivity contribution in [3.05, 3.63) is 0 Å². The normalized spacial score (nSPS) is 19.4. The summed E-state index contributed by atoms with van der Waals surface area (Å²) in [4.78, 5) is 11.4. The molecule has 1 aliphatic heterocycles. The molecule has 0 saturated carbocycles. The summed E-state index contributed by atoms with van der Waals surface area (Å²) < 4.78 is 4.74. The number of piperidine rings is 1. The van der Waals surface area contributed by atoms with E-state index >= 15 is 0 Å². The molecule has 0 radical (unpaired) electrons. The highest BCUT2D eigenvalue weighted by Gasteiger charge is 2.31. The molecule has 1 rings (SSSR count). The van der Waals surface area contributed by atoms with E-state index in [4.69, 9.17) is 4.74 Å². The molecule has 0 aromatic rings. The third-order valence-electron chi connectivity index (χ3n) is 2.60. The highest BCUT2D eigenvalue weighted by Crippen LogP contribution is 2.11. The van der Waals surface area contributed by atoms with Crippen LogP contribution in [0.5, 0.6) is 0 Å². The first-order valence-electron chi connectivity index (χ1n) is 5.13. The van der Waals surface area contributed by atoms with Crippen molar-refractivity contribution in [3.8, 4) is 0 Å². The maximum Gasteiger partial charge on any atom is 0.325 e. The minimum Gasteiger partial charge on any atom is -0.468 e. The van der Waals surface area contributed by atoms with E-state index in [0.29, 0.717) is 6.04 Å². The SMILES string of the molecule is COC(=O)C(C)(C)NC1CCNCC1. The zero-order valence-electron chi connectivity index (χ0n) is 9.22. The molecule has 0 atom stereocenters. The van der Waals surface area contributed by atoms with Crippen LogP contribution in [0.3, 0.4) is 0 Å². The number of esters is 1. The van der Waals surface area contributed by atoms with E-state index in [1.54, 1.807) is 0 Å². The third kappa shape index (κ3) is 2.96. The van der Waals surface area contributed by atoms with Gasteiger partial charge in [0.1, 0.15) is 5.54 Å². The van der Waals surface area contributed by atoms with E-state index in [0.717, 1.165) is 25.9 Å². The molecule has 1 heterocycles. The van der Waals surface area contributed by atoms with Crippen molar-refractivity contribution in [1.29, 1.82) is 0 Å². The van der Waals surface area contributed by atoms with Gasteiger partial charge in [-0.1, -0.05) is 0 Å². The second kappa shape index (κ2) is 4.75. The van der Waals surface area contributed by atoms with Crippen LogP contribution in [-0.4, -0.2) is 37.7 Å². The Hall–Kier alpha value is -0.610. The molecular formula is C10H20N2O2. The summed E-state index contributed by atoms with van der Waals surface area (Å²) in [6, 6.07) is 0.422. The van der Waals surface area contributed by atoms with Gasteiger partial charge in [-0.2, -0.15) is 0 Å². The summed E-state index contributed by atoms with van der Waals surface area (Å²) in [6.07, 6.45) is 2.14. The first kappa shape index (κ1) is 11.5. The maximum absolute atomic E-state index is 11.4. The van der Waals surface area contributed by atoms with Crippen molar-refractivity contribution in [1.82, 2.24) is 10.6 Å². The third-order valence-corrected chi connectivity index (χ3v) is 2.60. The smallest absolute Gasteiger partial charge is 0.325 e. The number of methoxy groups -OCH3 is 1. The van der Waals surface area contributed by atoms with Gasteiger partial charge in [-0.3, -0.25) is 10.1 Å². The fraction of sp³-hybridized carbons (Fsp3) is 0.900. The molecule has 1 fully saturated rings. The first-order valence-corrected chi connectivity index (χ1v) is 5.13. The van der Waals surface area contributed by atoms with Crippen molar-refractivity contribution in [2.75, 3.05) is 20.2 Å². The van der Waals surface area contributed by atoms with Crippen LogP contribution in [0.4, 0.5) is 0 Å². The van der Waals surface area contributed by atoms with Crippen molar-refractivity contribution in [2.24, 2.45) is 0 Å². The highest BCUT2D eigenvalue weighted by molar-refractivity contribution is 5.79. The lowest BCUT2D eigenvalue weighted by atomic mass is 9.99. The Kier molecular flexibility index (Phi) is 3.89. The molecule has 14 heavy (non-hydrogen) atoms. The van der Waals surface area contributed by atoms with Crippen LogP contribution in [-0.2, 0) is 9.53 Å². The van der Waals surface area contributed by atoms with Gasteiger partial charge in [0.15, 0.2) is 0 Å². The summed E-state index contributed by atoms with van der Waals surface area (Å²) in [5.41, 5.74) is -0.573. The number of hydrogen-bond donors (Lipinski definition) is 2. The summed E-state index contributed by atoms with van der Waals surface area (Å²) in [6.45, 7) is 5.77. The van der Waals surface area contributed by atoms with Crippen LogP contribution in [0.1, 0.15) is 26.7 Å². The number of carbonyl (C=O) groups is 1. The van der Waals surface area contributed by atoms with Gasteiger partial charge in [0.05, 0.1) is 7.11 Å². The monoisotopic (exact) mass is 200 g/mol. The minimum absolute atomic E-state index is 0.198. The van der Waals surface area contributed by atoms with Crippen LogP contribution >= 0.6 is 0 Å². The van der Waals surface area contributed by atoms with Crippen LogP contribution < -0.4 is 10.6 Å². The highest BCUT2D eigenvalue weighted by atomic mass is 16.5. The summed E-state index contributed by atoms with van der Waals surface area (Å²) in [7, 11) is 1.42. The van der Waals surface area contributed by atoms with Gasteiger partial charge in [0.2, 0.25) is 0 Å². The average Bonchev–Trinajstić information content (AvgIpc) is 2.17. The molecule has 4 heteroatoms. The van der Waals surface area contributed by atoms with Gasteiger partial charge in [0.25, 0.3) is 0 Å². The van der Waals surface area contributed by atoms with E-state index in [9.17, 15) is 4.79 Å². The van der Waals surface area contributed by atoms with E-state index < -0.39 is 5.54 Å². The van der Waals surface area contributed by atoms with Gasteiger partial charge in [-0.15, -0.1) is 0 Å². The molecule has 1 saturated heterocycles. The molecule has 0 bridgehead atoms. The number of carbonyl (C=O) groups excluding carboxylic acids is 1. The topological polar surface area (TPSA) is 50.4 Å².